The van der Waals surface area contributed by atoms with Crippen LogP contribution in [0.2, 0.25) is 0 Å². The Kier molecular flexibility index (Phi) is 8.26. The number of nitrogens with zero attached hydrogens (tertiary/aromatic N) is 3. The summed E-state index contributed by atoms with van der Waals surface area (Å²) >= 11 is 0. The smallest absolute Gasteiger partial charge is 0.338 e. The van der Waals surface area contributed by atoms with E-state index in [4.69, 9.17) is 4.74 Å². The molecule has 8 heteroatoms. The van der Waals surface area contributed by atoms with E-state index in [9.17, 15) is 14.4 Å². The minimum absolute atomic E-state index is 0.00245. The molecule has 0 aromatic heterocycles. The van der Waals surface area contributed by atoms with Crippen LogP contribution in [-0.4, -0.2) is 78.5 Å². The van der Waals surface area contributed by atoms with Gasteiger partial charge in [-0.2, -0.15) is 0 Å². The Balaban J connectivity index is 1.97. The summed E-state index contributed by atoms with van der Waals surface area (Å²) in [5.41, 5.74) is 3.11. The molecule has 0 aliphatic carbocycles. The van der Waals surface area contributed by atoms with E-state index >= 15 is 0 Å². The van der Waals surface area contributed by atoms with Crippen molar-refractivity contribution >= 4 is 17.9 Å². The zero-order chi connectivity index (χ0) is 25.9. The molecule has 2 heterocycles. The molecule has 3 rings (SSSR count). The summed E-state index contributed by atoms with van der Waals surface area (Å²) in [5, 5.41) is 2.99. The Morgan fingerprint density at radius 3 is 2.31 bits per heavy atom. The third-order valence-corrected chi connectivity index (χ3v) is 6.89. The Labute approximate surface area is 209 Å². The van der Waals surface area contributed by atoms with E-state index < -0.39 is 12.0 Å². The maximum absolute atomic E-state index is 13.2. The number of likely N-dealkylation sites (N-methyl/N-ethyl adjacent to an activating group) is 1. The largest absolute Gasteiger partial charge is 0.463 e. The van der Waals surface area contributed by atoms with Crippen molar-refractivity contribution in [3.8, 4) is 0 Å². The lowest BCUT2D eigenvalue weighted by atomic mass is 9.85. The summed E-state index contributed by atoms with van der Waals surface area (Å²) in [7, 11) is 1.68. The fourth-order valence-corrected chi connectivity index (χ4v) is 4.79. The summed E-state index contributed by atoms with van der Waals surface area (Å²) in [6, 6.07) is 7.26. The van der Waals surface area contributed by atoms with Gasteiger partial charge in [-0.15, -0.1) is 0 Å². The van der Waals surface area contributed by atoms with Gasteiger partial charge in [0.05, 0.1) is 18.2 Å². The van der Waals surface area contributed by atoms with Crippen molar-refractivity contribution in [2.24, 2.45) is 0 Å². The van der Waals surface area contributed by atoms with Crippen molar-refractivity contribution in [2.45, 2.75) is 65.5 Å². The first-order valence-corrected chi connectivity index (χ1v) is 12.5. The Bertz CT molecular complexity index is 980. The predicted molar refractivity (Wildman–Crippen MR) is 136 cm³/mol. The topological polar surface area (TPSA) is 82.2 Å². The van der Waals surface area contributed by atoms with Crippen LogP contribution in [0.4, 0.5) is 4.79 Å². The molecule has 1 aromatic rings. The molecule has 192 valence electrons. The maximum atomic E-state index is 13.2. The quantitative estimate of drug-likeness (QED) is 0.626. The van der Waals surface area contributed by atoms with Crippen molar-refractivity contribution in [1.29, 1.82) is 0 Å². The number of esters is 1. The number of hydrogen-bond donors (Lipinski definition) is 1. The molecule has 2 atom stereocenters. The van der Waals surface area contributed by atoms with Crippen LogP contribution in [0.15, 0.2) is 35.5 Å². The molecule has 0 unspecified atom stereocenters. The summed E-state index contributed by atoms with van der Waals surface area (Å²) in [5.74, 6) is -0.274. The number of carbonyl (C=O) groups excluding carboxylic acids is 3. The van der Waals surface area contributed by atoms with Gasteiger partial charge in [0.15, 0.2) is 0 Å². The minimum atomic E-state index is -0.595. The van der Waals surface area contributed by atoms with Gasteiger partial charge >= 0.3 is 12.0 Å². The molecule has 2 aliphatic rings. The van der Waals surface area contributed by atoms with Crippen molar-refractivity contribution in [2.75, 3.05) is 39.8 Å². The molecule has 0 saturated carbocycles. The van der Waals surface area contributed by atoms with Crippen LogP contribution in [0, 0.1) is 0 Å². The molecular weight excluding hydrogens is 444 g/mol. The Morgan fingerprint density at radius 1 is 1.11 bits per heavy atom. The standard InChI is InChI=1S/C27H40N4O4/c1-8-22(32)31-15-14-30(16-18(31)3)17-21-23(25(33)35-9-2)24(28-26(34)29(21)7)19-10-12-20(13-11-19)27(4,5)6/h10-13,18,24H,8-9,14-17H2,1-7H3,(H,28,34)/t18-,24-/m0/s1. The minimum Gasteiger partial charge on any atom is -0.463 e. The van der Waals surface area contributed by atoms with E-state index in [0.717, 1.165) is 5.56 Å². The second-order valence-electron chi connectivity index (χ2n) is 10.4. The second-order valence-corrected chi connectivity index (χ2v) is 10.4. The molecule has 1 aromatic carbocycles. The zero-order valence-corrected chi connectivity index (χ0v) is 22.2. The summed E-state index contributed by atoms with van der Waals surface area (Å²) < 4.78 is 5.45. The lowest BCUT2D eigenvalue weighted by Crippen LogP contribution is -2.56. The fraction of sp³-hybridized carbons (Fsp3) is 0.593. The molecule has 0 spiro atoms. The van der Waals surface area contributed by atoms with Crippen molar-refractivity contribution in [3.05, 3.63) is 46.7 Å². The summed E-state index contributed by atoms with van der Waals surface area (Å²) in [4.78, 5) is 44.1. The van der Waals surface area contributed by atoms with E-state index in [-0.39, 0.29) is 30.0 Å². The molecule has 3 amide bonds. The van der Waals surface area contributed by atoms with Crippen LogP contribution in [0.25, 0.3) is 0 Å². The molecule has 2 aliphatic heterocycles. The summed E-state index contributed by atoms with van der Waals surface area (Å²) in [6.45, 7) is 14.8. The highest BCUT2D eigenvalue weighted by molar-refractivity contribution is 5.95. The molecule has 1 N–H and O–H groups in total. The number of amides is 3. The third kappa shape index (κ3) is 5.86. The van der Waals surface area contributed by atoms with E-state index in [1.807, 2.05) is 43.0 Å². The van der Waals surface area contributed by atoms with E-state index in [2.05, 4.69) is 31.0 Å². The molecule has 35 heavy (non-hydrogen) atoms. The van der Waals surface area contributed by atoms with Crippen LogP contribution in [-0.2, 0) is 19.7 Å². The first-order chi connectivity index (χ1) is 16.5. The number of nitrogens with one attached hydrogen (secondary N) is 1. The number of ether oxygens (including phenoxy) is 1. The van der Waals surface area contributed by atoms with Gasteiger partial charge in [-0.25, -0.2) is 9.59 Å². The maximum Gasteiger partial charge on any atom is 0.338 e. The lowest BCUT2D eigenvalue weighted by molar-refractivity contribution is -0.139. The first kappa shape index (κ1) is 26.7. The Hall–Kier alpha value is -2.87. The van der Waals surface area contributed by atoms with Gasteiger partial charge in [0.1, 0.15) is 0 Å². The number of piperazine rings is 1. The molecule has 1 saturated heterocycles. The van der Waals surface area contributed by atoms with Crippen LogP contribution in [0.1, 0.15) is 65.1 Å². The van der Waals surface area contributed by atoms with Crippen LogP contribution in [0.5, 0.6) is 0 Å². The van der Waals surface area contributed by atoms with Crippen molar-refractivity contribution < 1.29 is 19.1 Å². The number of rotatable bonds is 6. The van der Waals surface area contributed by atoms with Crippen LogP contribution >= 0.6 is 0 Å². The third-order valence-electron chi connectivity index (χ3n) is 6.89. The number of urea groups is 1. The first-order valence-electron chi connectivity index (χ1n) is 12.5. The average molecular weight is 485 g/mol. The zero-order valence-electron chi connectivity index (χ0n) is 22.2. The van der Waals surface area contributed by atoms with E-state index in [0.29, 0.717) is 43.9 Å². The normalized spacial score (nSPS) is 21.7. The van der Waals surface area contributed by atoms with Gasteiger partial charge in [0, 0.05) is 51.4 Å². The van der Waals surface area contributed by atoms with Crippen molar-refractivity contribution in [3.63, 3.8) is 0 Å². The number of hydrogen-bond acceptors (Lipinski definition) is 5. The molecule has 0 radical (unpaired) electrons. The van der Waals surface area contributed by atoms with Crippen LogP contribution in [0.3, 0.4) is 0 Å². The van der Waals surface area contributed by atoms with Gasteiger partial charge in [-0.05, 0) is 30.4 Å². The highest BCUT2D eigenvalue weighted by atomic mass is 16.5. The molecule has 1 fully saturated rings. The monoisotopic (exact) mass is 484 g/mol. The SMILES string of the molecule is CCOC(=O)C1=C(CN2CCN(C(=O)CC)[C@@H](C)C2)N(C)C(=O)N[C@H]1c1ccc(C(C)(C)C)cc1. The van der Waals surface area contributed by atoms with Gasteiger partial charge in [0.2, 0.25) is 5.91 Å². The van der Waals surface area contributed by atoms with Gasteiger partial charge in [-0.3, -0.25) is 14.6 Å². The number of benzene rings is 1. The molecule has 8 nitrogen and oxygen atoms in total. The van der Waals surface area contributed by atoms with Gasteiger partial charge in [-0.1, -0.05) is 52.0 Å². The van der Waals surface area contributed by atoms with Gasteiger partial charge in [0.25, 0.3) is 0 Å². The van der Waals surface area contributed by atoms with Crippen molar-refractivity contribution in [1.82, 2.24) is 20.0 Å². The highest BCUT2D eigenvalue weighted by Gasteiger charge is 2.38. The highest BCUT2D eigenvalue weighted by Crippen LogP contribution is 2.33. The van der Waals surface area contributed by atoms with E-state index in [1.54, 1.807) is 14.0 Å². The number of carbonyl (C=O) groups is 3. The summed E-state index contributed by atoms with van der Waals surface area (Å²) in [6.07, 6.45) is 0.487. The fourth-order valence-electron chi connectivity index (χ4n) is 4.79. The molecular formula is C27H40N4O4. The predicted octanol–water partition coefficient (Wildman–Crippen LogP) is 3.44. The molecule has 0 bridgehead atoms. The lowest BCUT2D eigenvalue weighted by Gasteiger charge is -2.42. The van der Waals surface area contributed by atoms with E-state index in [1.165, 1.54) is 10.5 Å². The second kappa shape index (κ2) is 10.8. The van der Waals surface area contributed by atoms with Crippen LogP contribution < -0.4 is 5.32 Å². The van der Waals surface area contributed by atoms with Gasteiger partial charge < -0.3 is 15.0 Å². The Morgan fingerprint density at radius 2 is 1.77 bits per heavy atom. The average Bonchev–Trinajstić information content (AvgIpc) is 2.81.